The smallest absolute Gasteiger partial charge is 0.320 e. The van der Waals surface area contributed by atoms with Crippen LogP contribution >= 0.6 is 15.9 Å². The van der Waals surface area contributed by atoms with Gasteiger partial charge in [0.1, 0.15) is 5.82 Å². The van der Waals surface area contributed by atoms with Crippen molar-refractivity contribution in [3.63, 3.8) is 0 Å². The Hall–Kier alpha value is -1.40. The Balaban J connectivity index is 2.52. The van der Waals surface area contributed by atoms with Crippen LogP contribution in [0.4, 0.5) is 17.6 Å². The minimum atomic E-state index is -4.45. The molecule has 2 aromatic rings. The zero-order chi connectivity index (χ0) is 15.8. The molecular formula is C15H12BrF4N. The van der Waals surface area contributed by atoms with Crippen LogP contribution in [0.15, 0.2) is 40.9 Å². The zero-order valence-electron chi connectivity index (χ0n) is 11.0. The fourth-order valence-electron chi connectivity index (χ4n) is 2.07. The zero-order valence-corrected chi connectivity index (χ0v) is 12.6. The largest absolute Gasteiger partial charge is 0.416 e. The van der Waals surface area contributed by atoms with Gasteiger partial charge in [0.15, 0.2) is 0 Å². The molecule has 0 aliphatic rings. The first-order chi connectivity index (χ1) is 9.70. The molecule has 0 fully saturated rings. The highest BCUT2D eigenvalue weighted by atomic mass is 79.9. The number of nitrogens with two attached hydrogens (primary N) is 1. The van der Waals surface area contributed by atoms with Crippen LogP contribution in [0.2, 0.25) is 0 Å². The van der Waals surface area contributed by atoms with Crippen LogP contribution in [-0.4, -0.2) is 0 Å². The van der Waals surface area contributed by atoms with Crippen molar-refractivity contribution in [3.05, 3.63) is 68.9 Å². The minimum absolute atomic E-state index is 0.263. The summed E-state index contributed by atoms with van der Waals surface area (Å²) in [6.45, 7) is 1.73. The van der Waals surface area contributed by atoms with Crippen molar-refractivity contribution >= 4 is 15.9 Å². The standard InChI is InChI=1S/C15H12BrF4N/c1-8-2-4-10(17)7-11(8)14(21)12-6-9(15(18,19)20)3-5-13(12)16/h2-7,14H,21H2,1H3. The monoisotopic (exact) mass is 361 g/mol. The van der Waals surface area contributed by atoms with Crippen LogP contribution in [-0.2, 0) is 6.18 Å². The first kappa shape index (κ1) is 16.0. The topological polar surface area (TPSA) is 26.0 Å². The predicted octanol–water partition coefficient (Wildman–Crippen LogP) is 4.96. The highest BCUT2D eigenvalue weighted by molar-refractivity contribution is 9.10. The predicted molar refractivity (Wildman–Crippen MR) is 76.3 cm³/mol. The normalized spacial score (nSPS) is 13.3. The first-order valence-corrected chi connectivity index (χ1v) is 6.87. The van der Waals surface area contributed by atoms with Gasteiger partial charge in [0.25, 0.3) is 0 Å². The third kappa shape index (κ3) is 3.44. The lowest BCUT2D eigenvalue weighted by Crippen LogP contribution is -2.16. The summed E-state index contributed by atoms with van der Waals surface area (Å²) in [5.41, 5.74) is 6.68. The van der Waals surface area contributed by atoms with E-state index >= 15 is 0 Å². The van der Waals surface area contributed by atoms with Crippen molar-refractivity contribution in [2.24, 2.45) is 5.73 Å². The molecule has 2 N–H and O–H groups in total. The average Bonchev–Trinajstić information content (AvgIpc) is 2.40. The second-order valence-corrected chi connectivity index (χ2v) is 5.57. The van der Waals surface area contributed by atoms with Gasteiger partial charge in [-0.1, -0.05) is 22.0 Å². The molecule has 1 nitrogen and oxygen atoms in total. The summed E-state index contributed by atoms with van der Waals surface area (Å²) in [5, 5.41) is 0. The Bertz CT molecular complexity index is 667. The number of hydrogen-bond acceptors (Lipinski definition) is 1. The Morgan fingerprint density at radius 3 is 2.33 bits per heavy atom. The van der Waals surface area contributed by atoms with Crippen LogP contribution in [0.3, 0.4) is 0 Å². The van der Waals surface area contributed by atoms with E-state index in [1.54, 1.807) is 13.0 Å². The summed E-state index contributed by atoms with van der Waals surface area (Å²) in [6, 6.07) is 6.48. The van der Waals surface area contributed by atoms with Crippen molar-refractivity contribution in [1.82, 2.24) is 0 Å². The van der Waals surface area contributed by atoms with E-state index in [1.807, 2.05) is 0 Å². The Labute approximate surface area is 127 Å². The Kier molecular flexibility index (Phi) is 4.39. The molecule has 0 bridgehead atoms. The maximum atomic E-state index is 13.3. The first-order valence-electron chi connectivity index (χ1n) is 6.08. The van der Waals surface area contributed by atoms with Crippen molar-refractivity contribution in [2.75, 3.05) is 0 Å². The molecule has 2 rings (SSSR count). The molecule has 0 aromatic heterocycles. The molecule has 112 valence electrons. The van der Waals surface area contributed by atoms with Crippen molar-refractivity contribution < 1.29 is 17.6 Å². The van der Waals surface area contributed by atoms with Crippen molar-refractivity contribution in [2.45, 2.75) is 19.1 Å². The van der Waals surface area contributed by atoms with Crippen LogP contribution in [0.25, 0.3) is 0 Å². The Morgan fingerprint density at radius 1 is 1.05 bits per heavy atom. The fourth-order valence-corrected chi connectivity index (χ4v) is 2.57. The quantitative estimate of drug-likeness (QED) is 0.751. The van der Waals surface area contributed by atoms with Crippen LogP contribution < -0.4 is 5.73 Å². The summed E-state index contributed by atoms with van der Waals surface area (Å²) in [4.78, 5) is 0. The number of rotatable bonds is 2. The van der Waals surface area contributed by atoms with E-state index in [9.17, 15) is 17.6 Å². The average molecular weight is 362 g/mol. The van der Waals surface area contributed by atoms with Crippen molar-refractivity contribution in [1.29, 1.82) is 0 Å². The van der Waals surface area contributed by atoms with Gasteiger partial charge >= 0.3 is 6.18 Å². The van der Waals surface area contributed by atoms with E-state index in [4.69, 9.17) is 5.73 Å². The third-order valence-electron chi connectivity index (χ3n) is 3.23. The molecule has 1 unspecified atom stereocenters. The molecule has 21 heavy (non-hydrogen) atoms. The molecule has 0 saturated carbocycles. The van der Waals surface area contributed by atoms with Crippen molar-refractivity contribution in [3.8, 4) is 0 Å². The summed E-state index contributed by atoms with van der Waals surface area (Å²) in [5.74, 6) is -0.478. The molecule has 0 spiro atoms. The summed E-state index contributed by atoms with van der Waals surface area (Å²) >= 11 is 3.20. The van der Waals surface area contributed by atoms with Crippen LogP contribution in [0.1, 0.15) is 28.3 Å². The van der Waals surface area contributed by atoms with E-state index in [1.165, 1.54) is 18.2 Å². The molecule has 0 radical (unpaired) electrons. The second kappa shape index (κ2) is 5.77. The number of hydrogen-bond donors (Lipinski definition) is 1. The summed E-state index contributed by atoms with van der Waals surface area (Å²) in [6.07, 6.45) is -4.45. The van der Waals surface area contributed by atoms with E-state index in [0.717, 1.165) is 12.1 Å². The number of alkyl halides is 3. The molecule has 0 aliphatic heterocycles. The molecule has 0 saturated heterocycles. The van der Waals surface area contributed by atoms with E-state index in [2.05, 4.69) is 15.9 Å². The van der Waals surface area contributed by atoms with Gasteiger partial charge in [-0.15, -0.1) is 0 Å². The number of halogens is 5. The molecule has 2 aromatic carbocycles. The van der Waals surface area contributed by atoms with Gasteiger partial charge in [-0.3, -0.25) is 0 Å². The summed E-state index contributed by atoms with van der Waals surface area (Å²) in [7, 11) is 0. The molecule has 6 heteroatoms. The van der Waals surface area contributed by atoms with Gasteiger partial charge < -0.3 is 5.73 Å². The minimum Gasteiger partial charge on any atom is -0.320 e. The lowest BCUT2D eigenvalue weighted by Gasteiger charge is -2.18. The SMILES string of the molecule is Cc1ccc(F)cc1C(N)c1cc(C(F)(F)F)ccc1Br. The van der Waals surface area contributed by atoms with Gasteiger partial charge in [-0.05, 0) is 53.9 Å². The van der Waals surface area contributed by atoms with Gasteiger partial charge in [-0.25, -0.2) is 4.39 Å². The van der Waals surface area contributed by atoms with Gasteiger partial charge in [0.05, 0.1) is 11.6 Å². The number of benzene rings is 2. The molecule has 1 atom stereocenters. The lowest BCUT2D eigenvalue weighted by atomic mass is 9.94. The second-order valence-electron chi connectivity index (χ2n) is 4.71. The Morgan fingerprint density at radius 2 is 1.71 bits per heavy atom. The number of aryl methyl sites for hydroxylation is 1. The summed E-state index contributed by atoms with van der Waals surface area (Å²) < 4.78 is 52.2. The highest BCUT2D eigenvalue weighted by Gasteiger charge is 2.31. The fraction of sp³-hybridized carbons (Fsp3) is 0.200. The van der Waals surface area contributed by atoms with E-state index in [0.29, 0.717) is 15.6 Å². The maximum absolute atomic E-state index is 13.3. The molecular weight excluding hydrogens is 350 g/mol. The lowest BCUT2D eigenvalue weighted by molar-refractivity contribution is -0.137. The van der Waals surface area contributed by atoms with Crippen LogP contribution in [0.5, 0.6) is 0 Å². The van der Waals surface area contributed by atoms with Gasteiger partial charge in [0.2, 0.25) is 0 Å². The maximum Gasteiger partial charge on any atom is 0.416 e. The molecule has 0 heterocycles. The highest BCUT2D eigenvalue weighted by Crippen LogP contribution is 2.35. The third-order valence-corrected chi connectivity index (χ3v) is 3.96. The van der Waals surface area contributed by atoms with Gasteiger partial charge in [0, 0.05) is 4.47 Å². The molecule has 0 amide bonds. The van der Waals surface area contributed by atoms with Crippen LogP contribution in [0, 0.1) is 12.7 Å². The van der Waals surface area contributed by atoms with Gasteiger partial charge in [-0.2, -0.15) is 13.2 Å². The molecule has 0 aliphatic carbocycles. The van der Waals surface area contributed by atoms with E-state index < -0.39 is 23.6 Å². The van der Waals surface area contributed by atoms with E-state index in [-0.39, 0.29) is 5.56 Å².